The van der Waals surface area contributed by atoms with E-state index >= 15 is 0 Å². The standard InChI is InChI=1S/C25H24N2O3/c1-30-22-11-7-18(8-12-22)15-24(28)26-21-10-13-23-20(16-21)9-14-25(29)27(23)17-19-5-3-2-4-6-19/h2-8,10-13,16H,9,14-15,17H2,1H3,(H,26,28). The van der Waals surface area contributed by atoms with Gasteiger partial charge in [-0.3, -0.25) is 9.59 Å². The Bertz CT molecular complexity index is 1050. The molecule has 1 aliphatic rings. The first-order valence-electron chi connectivity index (χ1n) is 10.0. The molecule has 0 radical (unpaired) electrons. The van der Waals surface area contributed by atoms with Crippen molar-refractivity contribution < 1.29 is 14.3 Å². The molecule has 30 heavy (non-hydrogen) atoms. The van der Waals surface area contributed by atoms with Crippen LogP contribution < -0.4 is 15.0 Å². The first-order chi connectivity index (χ1) is 14.6. The second kappa shape index (κ2) is 8.82. The molecule has 3 aromatic carbocycles. The van der Waals surface area contributed by atoms with E-state index in [0.717, 1.165) is 33.8 Å². The van der Waals surface area contributed by atoms with Crippen molar-refractivity contribution in [2.75, 3.05) is 17.3 Å². The van der Waals surface area contributed by atoms with Gasteiger partial charge in [0.1, 0.15) is 5.75 Å². The fourth-order valence-corrected chi connectivity index (χ4v) is 3.71. The Morgan fingerprint density at radius 3 is 2.47 bits per heavy atom. The topological polar surface area (TPSA) is 58.6 Å². The number of anilines is 2. The summed E-state index contributed by atoms with van der Waals surface area (Å²) in [4.78, 5) is 26.8. The van der Waals surface area contributed by atoms with Gasteiger partial charge in [0.2, 0.25) is 11.8 Å². The molecule has 0 atom stereocenters. The molecule has 2 amide bonds. The molecule has 3 aromatic rings. The van der Waals surface area contributed by atoms with Gasteiger partial charge < -0.3 is 15.0 Å². The molecule has 0 bridgehead atoms. The van der Waals surface area contributed by atoms with Crippen molar-refractivity contribution in [2.45, 2.75) is 25.8 Å². The van der Waals surface area contributed by atoms with E-state index in [1.54, 1.807) is 7.11 Å². The summed E-state index contributed by atoms with van der Waals surface area (Å²) in [6.07, 6.45) is 1.45. The maximum atomic E-state index is 12.5. The molecule has 0 unspecified atom stereocenters. The van der Waals surface area contributed by atoms with Gasteiger partial charge in [-0.15, -0.1) is 0 Å². The van der Waals surface area contributed by atoms with Crippen molar-refractivity contribution in [3.05, 3.63) is 89.5 Å². The van der Waals surface area contributed by atoms with E-state index in [1.807, 2.05) is 77.7 Å². The van der Waals surface area contributed by atoms with Gasteiger partial charge in [-0.2, -0.15) is 0 Å². The Kier molecular flexibility index (Phi) is 5.80. The molecular weight excluding hydrogens is 376 g/mol. The lowest BCUT2D eigenvalue weighted by Crippen LogP contribution is -2.34. The van der Waals surface area contributed by atoms with Crippen molar-refractivity contribution in [3.8, 4) is 5.75 Å². The largest absolute Gasteiger partial charge is 0.497 e. The minimum absolute atomic E-state index is 0.0758. The summed E-state index contributed by atoms with van der Waals surface area (Å²) in [5.41, 5.74) is 4.76. The van der Waals surface area contributed by atoms with Crippen LogP contribution in [0.2, 0.25) is 0 Å². The number of benzene rings is 3. The predicted octanol–water partition coefficient (Wildman–Crippen LogP) is 4.36. The van der Waals surface area contributed by atoms with Crippen LogP contribution in [0.4, 0.5) is 11.4 Å². The SMILES string of the molecule is COc1ccc(CC(=O)Nc2ccc3c(c2)CCC(=O)N3Cc2ccccc2)cc1. The van der Waals surface area contributed by atoms with E-state index < -0.39 is 0 Å². The lowest BCUT2D eigenvalue weighted by atomic mass is 9.99. The maximum absolute atomic E-state index is 12.5. The zero-order valence-corrected chi connectivity index (χ0v) is 16.9. The third kappa shape index (κ3) is 4.51. The number of carbonyl (C=O) groups is 2. The van der Waals surface area contributed by atoms with Gasteiger partial charge in [-0.25, -0.2) is 0 Å². The van der Waals surface area contributed by atoms with E-state index in [0.29, 0.717) is 25.8 Å². The van der Waals surface area contributed by atoms with Crippen molar-refractivity contribution in [1.82, 2.24) is 0 Å². The van der Waals surface area contributed by atoms with Gasteiger partial charge in [0.15, 0.2) is 0 Å². The number of methoxy groups -OCH3 is 1. The number of hydrogen-bond donors (Lipinski definition) is 1. The molecule has 0 saturated carbocycles. The fourth-order valence-electron chi connectivity index (χ4n) is 3.71. The smallest absolute Gasteiger partial charge is 0.228 e. The molecule has 152 valence electrons. The molecule has 5 heteroatoms. The van der Waals surface area contributed by atoms with E-state index in [2.05, 4.69) is 5.32 Å². The van der Waals surface area contributed by atoms with E-state index in [1.165, 1.54) is 0 Å². The van der Waals surface area contributed by atoms with Crippen LogP contribution in [0.5, 0.6) is 5.75 Å². The third-order valence-electron chi connectivity index (χ3n) is 5.27. The monoisotopic (exact) mass is 400 g/mol. The minimum Gasteiger partial charge on any atom is -0.497 e. The molecule has 4 rings (SSSR count). The number of fused-ring (bicyclic) bond motifs is 1. The quantitative estimate of drug-likeness (QED) is 0.669. The molecule has 5 nitrogen and oxygen atoms in total. The molecule has 0 spiro atoms. The molecule has 1 aliphatic heterocycles. The van der Waals surface area contributed by atoms with Crippen molar-refractivity contribution in [2.24, 2.45) is 0 Å². The fraction of sp³-hybridized carbons (Fsp3) is 0.200. The Morgan fingerprint density at radius 1 is 0.967 bits per heavy atom. The number of aryl methyl sites for hydroxylation is 1. The predicted molar refractivity (Wildman–Crippen MR) is 118 cm³/mol. The van der Waals surface area contributed by atoms with E-state index in [4.69, 9.17) is 4.74 Å². The molecular formula is C25H24N2O3. The minimum atomic E-state index is -0.0758. The normalized spacial score (nSPS) is 13.0. The van der Waals surface area contributed by atoms with Crippen LogP contribution in [0, 0.1) is 0 Å². The molecule has 0 aliphatic carbocycles. The van der Waals surface area contributed by atoms with Crippen LogP contribution >= 0.6 is 0 Å². The van der Waals surface area contributed by atoms with Gasteiger partial charge in [-0.1, -0.05) is 42.5 Å². The zero-order valence-electron chi connectivity index (χ0n) is 16.9. The van der Waals surface area contributed by atoms with E-state index in [9.17, 15) is 9.59 Å². The average molecular weight is 400 g/mol. The number of amides is 2. The highest BCUT2D eigenvalue weighted by atomic mass is 16.5. The van der Waals surface area contributed by atoms with Gasteiger partial charge in [0.05, 0.1) is 20.1 Å². The number of nitrogens with one attached hydrogen (secondary N) is 1. The van der Waals surface area contributed by atoms with Gasteiger partial charge >= 0.3 is 0 Å². The van der Waals surface area contributed by atoms with Gasteiger partial charge in [-0.05, 0) is 53.4 Å². The van der Waals surface area contributed by atoms with Crippen LogP contribution in [0.1, 0.15) is 23.1 Å². The number of carbonyl (C=O) groups excluding carboxylic acids is 2. The Balaban J connectivity index is 1.46. The summed E-state index contributed by atoms with van der Waals surface area (Å²) < 4.78 is 5.15. The van der Waals surface area contributed by atoms with Crippen LogP contribution in [-0.4, -0.2) is 18.9 Å². The lowest BCUT2D eigenvalue weighted by Gasteiger charge is -2.30. The summed E-state index contributed by atoms with van der Waals surface area (Å²) in [7, 11) is 1.62. The van der Waals surface area contributed by atoms with Crippen LogP contribution in [0.3, 0.4) is 0 Å². The second-order valence-electron chi connectivity index (χ2n) is 7.38. The summed E-state index contributed by atoms with van der Waals surface area (Å²) in [6.45, 7) is 0.551. The van der Waals surface area contributed by atoms with Crippen molar-refractivity contribution >= 4 is 23.2 Å². The van der Waals surface area contributed by atoms with Crippen LogP contribution in [0.25, 0.3) is 0 Å². The molecule has 0 fully saturated rings. The van der Waals surface area contributed by atoms with E-state index in [-0.39, 0.29) is 11.8 Å². The summed E-state index contributed by atoms with van der Waals surface area (Å²) in [5, 5.41) is 2.97. The average Bonchev–Trinajstić information content (AvgIpc) is 2.77. The Labute approximate surface area is 176 Å². The number of hydrogen-bond acceptors (Lipinski definition) is 3. The number of nitrogens with zero attached hydrogens (tertiary/aromatic N) is 1. The summed E-state index contributed by atoms with van der Waals surface area (Å²) >= 11 is 0. The second-order valence-corrected chi connectivity index (χ2v) is 7.38. The highest BCUT2D eigenvalue weighted by Crippen LogP contribution is 2.31. The van der Waals surface area contributed by atoms with Gasteiger partial charge in [0.25, 0.3) is 0 Å². The zero-order chi connectivity index (χ0) is 20.9. The highest BCUT2D eigenvalue weighted by molar-refractivity contribution is 5.97. The Hall–Kier alpha value is -3.60. The maximum Gasteiger partial charge on any atom is 0.228 e. The summed E-state index contributed by atoms with van der Waals surface area (Å²) in [5.74, 6) is 0.819. The summed E-state index contributed by atoms with van der Waals surface area (Å²) in [6, 6.07) is 23.2. The first kappa shape index (κ1) is 19.7. The third-order valence-corrected chi connectivity index (χ3v) is 5.27. The van der Waals surface area contributed by atoms with Crippen molar-refractivity contribution in [1.29, 1.82) is 0 Å². The first-order valence-corrected chi connectivity index (χ1v) is 10.0. The molecule has 1 N–H and O–H groups in total. The Morgan fingerprint density at radius 2 is 1.73 bits per heavy atom. The number of rotatable bonds is 6. The molecule has 0 aromatic heterocycles. The number of ether oxygens (including phenoxy) is 1. The molecule has 1 heterocycles. The molecule has 0 saturated heterocycles. The lowest BCUT2D eigenvalue weighted by molar-refractivity contribution is -0.119. The van der Waals surface area contributed by atoms with Crippen LogP contribution in [0.15, 0.2) is 72.8 Å². The highest BCUT2D eigenvalue weighted by Gasteiger charge is 2.24. The van der Waals surface area contributed by atoms with Crippen LogP contribution in [-0.2, 0) is 29.0 Å². The van der Waals surface area contributed by atoms with Gasteiger partial charge in [0, 0.05) is 17.8 Å². The van der Waals surface area contributed by atoms with Crippen molar-refractivity contribution in [3.63, 3.8) is 0 Å².